The SMILES string of the molecule is COC(=O)C(Nc1ccccc1Br)c1cc(Cl)ccc1Br. The van der Waals surface area contributed by atoms with Crippen LogP contribution in [0, 0.1) is 0 Å². The zero-order chi connectivity index (χ0) is 15.4. The largest absolute Gasteiger partial charge is 0.467 e. The van der Waals surface area contributed by atoms with Crippen LogP contribution in [-0.4, -0.2) is 13.1 Å². The van der Waals surface area contributed by atoms with Crippen molar-refractivity contribution in [2.45, 2.75) is 6.04 Å². The number of methoxy groups -OCH3 is 1. The van der Waals surface area contributed by atoms with Crippen LogP contribution < -0.4 is 5.32 Å². The van der Waals surface area contributed by atoms with Crippen LogP contribution in [0.4, 0.5) is 5.69 Å². The third-order valence-corrected chi connectivity index (χ3v) is 4.53. The van der Waals surface area contributed by atoms with Crippen LogP contribution in [0.25, 0.3) is 0 Å². The molecule has 0 aliphatic rings. The Morgan fingerprint density at radius 3 is 2.57 bits per heavy atom. The Morgan fingerprint density at radius 1 is 1.19 bits per heavy atom. The first-order valence-corrected chi connectivity index (χ1v) is 8.03. The normalized spacial score (nSPS) is 11.8. The van der Waals surface area contributed by atoms with Gasteiger partial charge in [0.1, 0.15) is 0 Å². The van der Waals surface area contributed by atoms with Crippen LogP contribution in [0.5, 0.6) is 0 Å². The van der Waals surface area contributed by atoms with E-state index in [2.05, 4.69) is 37.2 Å². The summed E-state index contributed by atoms with van der Waals surface area (Å²) in [5, 5.41) is 3.72. The Kier molecular flexibility index (Phi) is 5.67. The zero-order valence-corrected chi connectivity index (χ0v) is 15.0. The van der Waals surface area contributed by atoms with Crippen molar-refractivity contribution in [1.82, 2.24) is 0 Å². The molecule has 0 amide bonds. The average Bonchev–Trinajstić information content (AvgIpc) is 2.48. The minimum absolute atomic E-state index is 0.395. The molecule has 1 N–H and O–H groups in total. The van der Waals surface area contributed by atoms with E-state index in [1.807, 2.05) is 24.3 Å². The number of carbonyl (C=O) groups is 1. The zero-order valence-electron chi connectivity index (χ0n) is 11.1. The first-order chi connectivity index (χ1) is 10.0. The Balaban J connectivity index is 2.42. The molecule has 1 unspecified atom stereocenters. The second-order valence-electron chi connectivity index (χ2n) is 4.25. The van der Waals surface area contributed by atoms with Crippen LogP contribution >= 0.6 is 43.5 Å². The number of hydrogen-bond acceptors (Lipinski definition) is 3. The number of ether oxygens (including phenoxy) is 1. The van der Waals surface area contributed by atoms with E-state index in [4.69, 9.17) is 16.3 Å². The minimum Gasteiger partial charge on any atom is -0.467 e. The van der Waals surface area contributed by atoms with Gasteiger partial charge in [-0.2, -0.15) is 0 Å². The number of carbonyl (C=O) groups excluding carboxylic acids is 1. The lowest BCUT2D eigenvalue weighted by Crippen LogP contribution is -2.23. The number of hydrogen-bond donors (Lipinski definition) is 1. The molecule has 110 valence electrons. The lowest BCUT2D eigenvalue weighted by atomic mass is 10.1. The molecule has 0 heterocycles. The first kappa shape index (κ1) is 16.3. The van der Waals surface area contributed by atoms with E-state index in [0.29, 0.717) is 10.6 Å². The number of nitrogens with one attached hydrogen (secondary N) is 1. The minimum atomic E-state index is -0.665. The fourth-order valence-corrected chi connectivity index (χ4v) is 2.91. The molecule has 0 spiro atoms. The number of anilines is 1. The van der Waals surface area contributed by atoms with E-state index in [-0.39, 0.29) is 0 Å². The van der Waals surface area contributed by atoms with Gasteiger partial charge in [-0.05, 0) is 46.3 Å². The maximum Gasteiger partial charge on any atom is 0.333 e. The molecule has 0 radical (unpaired) electrons. The molecule has 0 saturated heterocycles. The van der Waals surface area contributed by atoms with E-state index < -0.39 is 12.0 Å². The maximum absolute atomic E-state index is 12.1. The standard InChI is InChI=1S/C15H12Br2ClNO2/c1-21-15(20)14(10-8-9(18)6-7-11(10)16)19-13-5-3-2-4-12(13)17/h2-8,14,19H,1H3. The van der Waals surface area contributed by atoms with Crippen LogP contribution in [0.1, 0.15) is 11.6 Å². The molecule has 0 aromatic heterocycles. The molecular formula is C15H12Br2ClNO2. The van der Waals surface area contributed by atoms with Crippen LogP contribution in [0.3, 0.4) is 0 Å². The predicted octanol–water partition coefficient (Wildman–Crippen LogP) is 5.19. The molecule has 2 rings (SSSR count). The van der Waals surface area contributed by atoms with Gasteiger partial charge in [-0.3, -0.25) is 0 Å². The number of benzene rings is 2. The highest BCUT2D eigenvalue weighted by molar-refractivity contribution is 9.11. The summed E-state index contributed by atoms with van der Waals surface area (Å²) < 4.78 is 6.53. The molecule has 1 atom stereocenters. The van der Waals surface area contributed by atoms with Crippen LogP contribution in [-0.2, 0) is 9.53 Å². The van der Waals surface area contributed by atoms with Gasteiger partial charge < -0.3 is 10.1 Å². The molecular weight excluding hydrogens is 421 g/mol. The predicted molar refractivity (Wildman–Crippen MR) is 91.7 cm³/mol. The quantitative estimate of drug-likeness (QED) is 0.675. The Hall–Kier alpha value is -1.04. The average molecular weight is 434 g/mol. The van der Waals surface area contributed by atoms with Gasteiger partial charge in [-0.15, -0.1) is 0 Å². The summed E-state index contributed by atoms with van der Waals surface area (Å²) in [7, 11) is 1.36. The third-order valence-electron chi connectivity index (χ3n) is 2.88. The van der Waals surface area contributed by atoms with E-state index >= 15 is 0 Å². The second-order valence-corrected chi connectivity index (χ2v) is 6.39. The van der Waals surface area contributed by atoms with E-state index in [0.717, 1.165) is 14.6 Å². The lowest BCUT2D eigenvalue weighted by molar-refractivity contribution is -0.141. The molecule has 0 saturated carbocycles. The van der Waals surface area contributed by atoms with Gasteiger partial charge in [0.2, 0.25) is 0 Å². The van der Waals surface area contributed by atoms with E-state index in [1.54, 1.807) is 18.2 Å². The van der Waals surface area contributed by atoms with Crippen molar-refractivity contribution in [1.29, 1.82) is 0 Å². The molecule has 3 nitrogen and oxygen atoms in total. The Morgan fingerprint density at radius 2 is 1.90 bits per heavy atom. The topological polar surface area (TPSA) is 38.3 Å². The van der Waals surface area contributed by atoms with E-state index in [1.165, 1.54) is 7.11 Å². The molecule has 0 fully saturated rings. The highest BCUT2D eigenvalue weighted by Crippen LogP contribution is 2.32. The molecule has 0 bridgehead atoms. The van der Waals surface area contributed by atoms with Crippen LogP contribution in [0.2, 0.25) is 5.02 Å². The van der Waals surface area contributed by atoms with Crippen molar-refractivity contribution in [2.75, 3.05) is 12.4 Å². The van der Waals surface area contributed by atoms with Crippen LogP contribution in [0.15, 0.2) is 51.4 Å². The van der Waals surface area contributed by atoms with Gasteiger partial charge in [-0.1, -0.05) is 39.7 Å². The molecule has 2 aromatic rings. The van der Waals surface area contributed by atoms with Gasteiger partial charge in [0.05, 0.1) is 7.11 Å². The number of esters is 1. The van der Waals surface area contributed by atoms with Gasteiger partial charge >= 0.3 is 5.97 Å². The van der Waals surface area contributed by atoms with Crippen molar-refractivity contribution in [3.63, 3.8) is 0 Å². The van der Waals surface area contributed by atoms with Crippen molar-refractivity contribution in [3.05, 3.63) is 62.0 Å². The summed E-state index contributed by atoms with van der Waals surface area (Å²) in [5.41, 5.74) is 1.50. The first-order valence-electron chi connectivity index (χ1n) is 6.06. The summed E-state index contributed by atoms with van der Waals surface area (Å²) in [5.74, 6) is -0.395. The Labute approximate surface area is 144 Å². The number of para-hydroxylation sites is 1. The van der Waals surface area contributed by atoms with Gasteiger partial charge in [0.25, 0.3) is 0 Å². The van der Waals surface area contributed by atoms with Crippen molar-refractivity contribution >= 4 is 55.1 Å². The summed E-state index contributed by atoms with van der Waals surface area (Å²) in [4.78, 5) is 12.1. The fourth-order valence-electron chi connectivity index (χ4n) is 1.85. The summed E-state index contributed by atoms with van der Waals surface area (Å²) in [6.45, 7) is 0. The molecule has 6 heteroatoms. The maximum atomic E-state index is 12.1. The van der Waals surface area contributed by atoms with E-state index in [9.17, 15) is 4.79 Å². The second kappa shape index (κ2) is 7.29. The highest BCUT2D eigenvalue weighted by atomic mass is 79.9. The summed E-state index contributed by atoms with van der Waals surface area (Å²) >= 11 is 12.9. The molecule has 2 aromatic carbocycles. The van der Waals surface area contributed by atoms with Crippen molar-refractivity contribution < 1.29 is 9.53 Å². The third kappa shape index (κ3) is 3.99. The van der Waals surface area contributed by atoms with Crippen molar-refractivity contribution in [3.8, 4) is 0 Å². The molecule has 21 heavy (non-hydrogen) atoms. The van der Waals surface area contributed by atoms with Crippen molar-refractivity contribution in [2.24, 2.45) is 0 Å². The van der Waals surface area contributed by atoms with Gasteiger partial charge in [0.15, 0.2) is 6.04 Å². The van der Waals surface area contributed by atoms with Gasteiger partial charge in [0, 0.05) is 25.2 Å². The number of halogens is 3. The Bertz CT molecular complexity index is 664. The van der Waals surface area contributed by atoms with Gasteiger partial charge in [-0.25, -0.2) is 4.79 Å². The summed E-state index contributed by atoms with van der Waals surface area (Å²) in [6.07, 6.45) is 0. The highest BCUT2D eigenvalue weighted by Gasteiger charge is 2.24. The monoisotopic (exact) mass is 431 g/mol. The molecule has 0 aliphatic heterocycles. The lowest BCUT2D eigenvalue weighted by Gasteiger charge is -2.20. The smallest absolute Gasteiger partial charge is 0.333 e. The number of rotatable bonds is 4. The summed E-state index contributed by atoms with van der Waals surface area (Å²) in [6, 6.07) is 12.2. The fraction of sp³-hybridized carbons (Fsp3) is 0.133. The molecule has 0 aliphatic carbocycles.